The van der Waals surface area contributed by atoms with Crippen molar-refractivity contribution in [3.63, 3.8) is 0 Å². The van der Waals surface area contributed by atoms with Gasteiger partial charge in [0.1, 0.15) is 0 Å². The lowest BCUT2D eigenvalue weighted by Crippen LogP contribution is -2.51. The molecule has 0 aromatic carbocycles. The molecule has 0 aliphatic heterocycles. The van der Waals surface area contributed by atoms with Crippen molar-refractivity contribution in [1.29, 1.82) is 0 Å². The first-order valence-corrected chi connectivity index (χ1v) is 6.13. The zero-order chi connectivity index (χ0) is 14.3. The standard InChI is InChI=1S/C12H24N2O4/c1-6-14(8(2)7-18-5)12(17)13-10(4)9(3)11(15)16/h8-10H,6-7H2,1-5H3,(H,13,17)(H,15,16). The van der Waals surface area contributed by atoms with Crippen LogP contribution in [0, 0.1) is 5.92 Å². The summed E-state index contributed by atoms with van der Waals surface area (Å²) in [6, 6.07) is -0.728. The number of urea groups is 1. The number of nitrogens with zero attached hydrogens (tertiary/aromatic N) is 1. The summed E-state index contributed by atoms with van der Waals surface area (Å²) in [7, 11) is 1.58. The van der Waals surface area contributed by atoms with E-state index in [-0.39, 0.29) is 12.1 Å². The molecule has 0 aliphatic rings. The fraction of sp³-hybridized carbons (Fsp3) is 0.833. The normalized spacial score (nSPS) is 15.6. The van der Waals surface area contributed by atoms with Gasteiger partial charge < -0.3 is 20.1 Å². The zero-order valence-electron chi connectivity index (χ0n) is 11.8. The molecule has 0 fully saturated rings. The largest absolute Gasteiger partial charge is 0.481 e. The molecule has 6 nitrogen and oxygen atoms in total. The highest BCUT2D eigenvalue weighted by Gasteiger charge is 2.24. The molecule has 0 bridgehead atoms. The number of carboxylic acids is 1. The Morgan fingerprint density at radius 2 is 1.89 bits per heavy atom. The number of methoxy groups -OCH3 is 1. The maximum atomic E-state index is 12.0. The van der Waals surface area contributed by atoms with Gasteiger partial charge in [-0.15, -0.1) is 0 Å². The van der Waals surface area contributed by atoms with Gasteiger partial charge in [-0.25, -0.2) is 4.79 Å². The van der Waals surface area contributed by atoms with Crippen molar-refractivity contribution < 1.29 is 19.4 Å². The number of ether oxygens (including phenoxy) is 1. The van der Waals surface area contributed by atoms with Crippen molar-refractivity contribution in [2.75, 3.05) is 20.3 Å². The van der Waals surface area contributed by atoms with Crippen LogP contribution in [0.25, 0.3) is 0 Å². The number of nitrogens with one attached hydrogen (secondary N) is 1. The second kappa shape index (κ2) is 7.92. The predicted octanol–water partition coefficient (Wildman–Crippen LogP) is 1.16. The highest BCUT2D eigenvalue weighted by atomic mass is 16.5. The molecular formula is C12H24N2O4. The van der Waals surface area contributed by atoms with Gasteiger partial charge in [0, 0.05) is 19.7 Å². The van der Waals surface area contributed by atoms with Gasteiger partial charge in [-0.05, 0) is 27.7 Å². The molecule has 106 valence electrons. The molecule has 0 aromatic rings. The van der Waals surface area contributed by atoms with Gasteiger partial charge in [0.2, 0.25) is 0 Å². The van der Waals surface area contributed by atoms with Gasteiger partial charge >= 0.3 is 12.0 Å². The van der Waals surface area contributed by atoms with Gasteiger partial charge in [0.25, 0.3) is 0 Å². The van der Waals surface area contributed by atoms with Crippen LogP contribution < -0.4 is 5.32 Å². The molecule has 2 amide bonds. The summed E-state index contributed by atoms with van der Waals surface area (Å²) in [4.78, 5) is 24.4. The Morgan fingerprint density at radius 3 is 2.28 bits per heavy atom. The number of carbonyl (C=O) groups is 2. The first kappa shape index (κ1) is 16.7. The van der Waals surface area contributed by atoms with Gasteiger partial charge in [-0.2, -0.15) is 0 Å². The fourth-order valence-corrected chi connectivity index (χ4v) is 1.60. The fourth-order valence-electron chi connectivity index (χ4n) is 1.60. The van der Waals surface area contributed by atoms with Crippen LogP contribution in [-0.4, -0.2) is 54.4 Å². The number of hydrogen-bond donors (Lipinski definition) is 2. The molecule has 2 N–H and O–H groups in total. The van der Waals surface area contributed by atoms with Crippen molar-refractivity contribution in [1.82, 2.24) is 10.2 Å². The monoisotopic (exact) mass is 260 g/mol. The molecule has 0 heterocycles. The number of likely N-dealkylation sites (N-methyl/N-ethyl adjacent to an activating group) is 1. The zero-order valence-corrected chi connectivity index (χ0v) is 11.8. The number of amides is 2. The number of rotatable bonds is 7. The topological polar surface area (TPSA) is 78.9 Å². The van der Waals surface area contributed by atoms with E-state index in [9.17, 15) is 9.59 Å². The van der Waals surface area contributed by atoms with Gasteiger partial charge in [0.05, 0.1) is 18.6 Å². The Kier molecular flexibility index (Phi) is 7.35. The Hall–Kier alpha value is -1.30. The first-order chi connectivity index (χ1) is 8.34. The lowest BCUT2D eigenvalue weighted by Gasteiger charge is -2.30. The van der Waals surface area contributed by atoms with Crippen LogP contribution in [0.2, 0.25) is 0 Å². The molecule has 0 rings (SSSR count). The van der Waals surface area contributed by atoms with Crippen molar-refractivity contribution in [2.45, 2.75) is 39.8 Å². The second-order valence-electron chi connectivity index (χ2n) is 4.46. The van der Waals surface area contributed by atoms with Crippen molar-refractivity contribution in [3.8, 4) is 0 Å². The van der Waals surface area contributed by atoms with E-state index in [0.29, 0.717) is 13.2 Å². The SMILES string of the molecule is CCN(C(=O)NC(C)C(C)C(=O)O)C(C)COC. The molecule has 0 saturated heterocycles. The van der Waals surface area contributed by atoms with E-state index in [1.807, 2.05) is 13.8 Å². The van der Waals surface area contributed by atoms with Crippen LogP contribution in [0.15, 0.2) is 0 Å². The quantitative estimate of drug-likeness (QED) is 0.720. The third-order valence-corrected chi connectivity index (χ3v) is 3.03. The number of carboxylic acid groups (broad SMARTS) is 1. The highest BCUT2D eigenvalue weighted by molar-refractivity contribution is 5.76. The lowest BCUT2D eigenvalue weighted by molar-refractivity contribution is -0.141. The Balaban J connectivity index is 4.48. The summed E-state index contributed by atoms with van der Waals surface area (Å²) in [5, 5.41) is 11.6. The molecule has 18 heavy (non-hydrogen) atoms. The summed E-state index contributed by atoms with van der Waals surface area (Å²) in [5.41, 5.74) is 0. The van der Waals surface area contributed by atoms with Crippen LogP contribution in [0.3, 0.4) is 0 Å². The Morgan fingerprint density at radius 1 is 1.33 bits per heavy atom. The average molecular weight is 260 g/mol. The molecule has 3 unspecified atom stereocenters. The van der Waals surface area contributed by atoms with Crippen LogP contribution in [-0.2, 0) is 9.53 Å². The van der Waals surface area contributed by atoms with Crippen LogP contribution in [0.1, 0.15) is 27.7 Å². The predicted molar refractivity (Wildman–Crippen MR) is 68.5 cm³/mol. The lowest BCUT2D eigenvalue weighted by atomic mass is 10.0. The first-order valence-electron chi connectivity index (χ1n) is 6.13. The molecule has 0 aromatic heterocycles. The Bertz CT molecular complexity index is 283. The van der Waals surface area contributed by atoms with E-state index in [1.54, 1.807) is 25.9 Å². The molecule has 6 heteroatoms. The number of hydrogen-bond acceptors (Lipinski definition) is 3. The van der Waals surface area contributed by atoms with Crippen LogP contribution in [0.4, 0.5) is 4.79 Å². The molecule has 3 atom stereocenters. The van der Waals surface area contributed by atoms with E-state index in [2.05, 4.69) is 5.32 Å². The third kappa shape index (κ3) is 4.91. The molecule has 0 saturated carbocycles. The minimum Gasteiger partial charge on any atom is -0.481 e. The van der Waals surface area contributed by atoms with E-state index in [0.717, 1.165) is 0 Å². The highest BCUT2D eigenvalue weighted by Crippen LogP contribution is 2.05. The Labute approximate surface area is 108 Å². The summed E-state index contributed by atoms with van der Waals surface area (Å²) in [5.74, 6) is -1.54. The van der Waals surface area contributed by atoms with E-state index in [4.69, 9.17) is 9.84 Å². The minimum atomic E-state index is -0.921. The summed E-state index contributed by atoms with van der Waals surface area (Å²) in [6.07, 6.45) is 0. The van der Waals surface area contributed by atoms with E-state index >= 15 is 0 Å². The van der Waals surface area contributed by atoms with Crippen molar-refractivity contribution >= 4 is 12.0 Å². The van der Waals surface area contributed by atoms with E-state index < -0.39 is 17.9 Å². The summed E-state index contributed by atoms with van der Waals surface area (Å²) >= 11 is 0. The van der Waals surface area contributed by atoms with Gasteiger partial charge in [-0.3, -0.25) is 4.79 Å². The van der Waals surface area contributed by atoms with Gasteiger partial charge in [0.15, 0.2) is 0 Å². The summed E-state index contributed by atoms with van der Waals surface area (Å²) in [6.45, 7) is 8.01. The maximum absolute atomic E-state index is 12.0. The number of carbonyl (C=O) groups excluding carboxylic acids is 1. The van der Waals surface area contributed by atoms with Gasteiger partial charge in [-0.1, -0.05) is 0 Å². The van der Waals surface area contributed by atoms with Crippen LogP contribution >= 0.6 is 0 Å². The molecule has 0 spiro atoms. The number of aliphatic carboxylic acids is 1. The minimum absolute atomic E-state index is 0.0488. The van der Waals surface area contributed by atoms with Crippen LogP contribution in [0.5, 0.6) is 0 Å². The van der Waals surface area contributed by atoms with Crippen molar-refractivity contribution in [2.24, 2.45) is 5.92 Å². The average Bonchev–Trinajstić information content (AvgIpc) is 2.28. The summed E-state index contributed by atoms with van der Waals surface area (Å²) < 4.78 is 5.01. The van der Waals surface area contributed by atoms with E-state index in [1.165, 1.54) is 0 Å². The molecule has 0 aliphatic carbocycles. The maximum Gasteiger partial charge on any atom is 0.317 e. The third-order valence-electron chi connectivity index (χ3n) is 3.03. The van der Waals surface area contributed by atoms with Crippen molar-refractivity contribution in [3.05, 3.63) is 0 Å². The second-order valence-corrected chi connectivity index (χ2v) is 4.46. The molecular weight excluding hydrogens is 236 g/mol. The smallest absolute Gasteiger partial charge is 0.317 e. The molecule has 0 radical (unpaired) electrons.